The van der Waals surface area contributed by atoms with Crippen molar-refractivity contribution in [3.05, 3.63) is 78.4 Å². The fourth-order valence-electron chi connectivity index (χ4n) is 5.97. The number of anilines is 2. The number of imidazole rings is 1. The zero-order chi connectivity index (χ0) is 38.3. The van der Waals surface area contributed by atoms with Gasteiger partial charge in [0.1, 0.15) is 23.7 Å². The average Bonchev–Trinajstić information content (AvgIpc) is 3.52. The molecule has 1 aliphatic rings. The highest BCUT2D eigenvalue weighted by Crippen LogP contribution is 2.45. The summed E-state index contributed by atoms with van der Waals surface area (Å²) in [7, 11) is -3.81. The number of phosphoric ester groups is 1. The number of rotatable bonds is 11. The molecular weight excluding hydrogens is 739 g/mol. The maximum absolute atomic E-state index is 15.2. The predicted molar refractivity (Wildman–Crippen MR) is 175 cm³/mol. The van der Waals surface area contributed by atoms with E-state index in [1.165, 1.54) is 38.1 Å². The molecule has 6 N–H and O–H groups in total. The van der Waals surface area contributed by atoms with Crippen LogP contribution in [0.15, 0.2) is 61.3 Å². The number of aromatic nitrogens is 6. The molecule has 15 nitrogen and oxygen atoms in total. The van der Waals surface area contributed by atoms with Gasteiger partial charge in [-0.2, -0.15) is 17.6 Å². The van der Waals surface area contributed by atoms with Crippen LogP contribution in [-0.2, 0) is 22.0 Å². The number of methoxy groups -OCH3 is 1. The molecule has 1 aromatic carbocycles. The van der Waals surface area contributed by atoms with Gasteiger partial charge in [-0.25, -0.2) is 33.3 Å². The first-order valence-electron chi connectivity index (χ1n) is 15.5. The molecule has 0 amide bonds. The van der Waals surface area contributed by atoms with Crippen molar-refractivity contribution >= 4 is 30.5 Å². The van der Waals surface area contributed by atoms with Crippen molar-refractivity contribution < 1.29 is 54.7 Å². The van der Waals surface area contributed by atoms with E-state index in [1.54, 1.807) is 9.47 Å². The van der Waals surface area contributed by atoms with Gasteiger partial charge in [0.2, 0.25) is 0 Å². The van der Waals surface area contributed by atoms with E-state index in [0.29, 0.717) is 34.5 Å². The molecule has 0 spiro atoms. The molecule has 4 aromatic heterocycles. The Hall–Kier alpha value is -5.08. The third-order valence-corrected chi connectivity index (χ3v) is 9.44. The Labute approximate surface area is 295 Å². The SMILES string of the molecule is COC1CCN(c2cnc(-c3ccc(OP(=O)(O)Oc4ccc(C(F)(F)F)cc4)c(F)n3)cc2Cn2cnc3c(N)ncnc32)C[C@@]1(N)[C@@H](O)C(F)F. The minimum Gasteiger partial charge on any atom is -0.395 e. The third-order valence-electron chi connectivity index (χ3n) is 8.57. The smallest absolute Gasteiger partial charge is 0.395 e. The number of halogens is 6. The first-order valence-corrected chi connectivity index (χ1v) is 17.0. The van der Waals surface area contributed by atoms with Gasteiger partial charge in [0.15, 0.2) is 17.2 Å². The largest absolute Gasteiger partial charge is 0.585 e. The summed E-state index contributed by atoms with van der Waals surface area (Å²) in [6, 6.07) is 6.56. The maximum Gasteiger partial charge on any atom is 0.585 e. The van der Waals surface area contributed by atoms with Crippen LogP contribution in [0.1, 0.15) is 17.5 Å². The number of benzene rings is 1. The van der Waals surface area contributed by atoms with Crippen LogP contribution in [0.5, 0.6) is 11.5 Å². The first kappa shape index (κ1) is 37.7. The van der Waals surface area contributed by atoms with Gasteiger partial charge >= 0.3 is 14.0 Å². The molecule has 2 unspecified atom stereocenters. The van der Waals surface area contributed by atoms with Crippen LogP contribution in [0.25, 0.3) is 22.6 Å². The number of aliphatic hydroxyl groups excluding tert-OH is 1. The zero-order valence-electron chi connectivity index (χ0n) is 27.4. The molecule has 1 saturated heterocycles. The number of aliphatic hydroxyl groups is 1. The number of nitrogens with two attached hydrogens (primary N) is 2. The lowest BCUT2D eigenvalue weighted by atomic mass is 9.81. The Bertz CT molecular complexity index is 2160. The highest BCUT2D eigenvalue weighted by molar-refractivity contribution is 7.48. The van der Waals surface area contributed by atoms with Crippen molar-refractivity contribution in [3.8, 4) is 22.9 Å². The van der Waals surface area contributed by atoms with Crippen LogP contribution in [0, 0.1) is 5.95 Å². The minimum absolute atomic E-state index is 0.0373. The highest BCUT2D eigenvalue weighted by atomic mass is 31.2. The lowest BCUT2D eigenvalue weighted by Gasteiger charge is -2.48. The Morgan fingerprint density at radius 2 is 1.81 bits per heavy atom. The van der Waals surface area contributed by atoms with E-state index in [1.807, 2.05) is 0 Å². The second kappa shape index (κ2) is 14.4. The van der Waals surface area contributed by atoms with Gasteiger partial charge in [0, 0.05) is 20.2 Å². The molecule has 5 aromatic rings. The number of phosphoric acid groups is 1. The van der Waals surface area contributed by atoms with Gasteiger partial charge < -0.3 is 39.8 Å². The summed E-state index contributed by atoms with van der Waals surface area (Å²) < 4.78 is 111. The van der Waals surface area contributed by atoms with Crippen LogP contribution in [0.3, 0.4) is 0 Å². The van der Waals surface area contributed by atoms with Crippen molar-refractivity contribution in [1.82, 2.24) is 29.5 Å². The van der Waals surface area contributed by atoms with Crippen molar-refractivity contribution in [2.45, 2.75) is 43.3 Å². The monoisotopic (exact) mass is 769 g/mol. The summed E-state index contributed by atoms with van der Waals surface area (Å²) in [4.78, 5) is 32.5. The number of nitrogens with zero attached hydrogens (tertiary/aromatic N) is 7. The van der Waals surface area contributed by atoms with E-state index in [2.05, 4.69) is 24.9 Å². The van der Waals surface area contributed by atoms with Crippen molar-refractivity contribution in [2.75, 3.05) is 30.8 Å². The van der Waals surface area contributed by atoms with Crippen LogP contribution >= 0.6 is 7.82 Å². The number of alkyl halides is 5. The van der Waals surface area contributed by atoms with Crippen LogP contribution < -0.4 is 25.4 Å². The maximum atomic E-state index is 15.2. The number of fused-ring (bicyclic) bond motifs is 1. The number of hydrogen-bond acceptors (Lipinski definition) is 13. The summed E-state index contributed by atoms with van der Waals surface area (Å²) in [5.41, 5.74) is 11.0. The van der Waals surface area contributed by atoms with Gasteiger partial charge in [-0.15, -0.1) is 0 Å². The third kappa shape index (κ3) is 7.84. The zero-order valence-corrected chi connectivity index (χ0v) is 28.3. The van der Waals surface area contributed by atoms with E-state index in [9.17, 15) is 36.5 Å². The molecule has 1 aliphatic heterocycles. The van der Waals surface area contributed by atoms with Gasteiger partial charge in [-0.1, -0.05) is 0 Å². The minimum atomic E-state index is -5.12. The molecule has 1 fully saturated rings. The van der Waals surface area contributed by atoms with Gasteiger partial charge in [-0.3, -0.25) is 9.88 Å². The molecule has 22 heteroatoms. The number of hydrogen-bond donors (Lipinski definition) is 4. The molecular formula is C31H30F6N9O6P. The Balaban J connectivity index is 1.31. The number of nitrogen functional groups attached to an aromatic ring is 1. The quantitative estimate of drug-likeness (QED) is 0.0845. The van der Waals surface area contributed by atoms with E-state index in [-0.39, 0.29) is 43.3 Å². The molecule has 0 radical (unpaired) electrons. The summed E-state index contributed by atoms with van der Waals surface area (Å²) >= 11 is 0. The van der Waals surface area contributed by atoms with E-state index >= 15 is 4.39 Å². The van der Waals surface area contributed by atoms with E-state index in [0.717, 1.165) is 18.2 Å². The molecule has 0 saturated carbocycles. The molecule has 5 heterocycles. The Kier molecular flexibility index (Phi) is 10.2. The highest BCUT2D eigenvalue weighted by Gasteiger charge is 2.50. The Morgan fingerprint density at radius 3 is 2.47 bits per heavy atom. The van der Waals surface area contributed by atoms with Crippen molar-refractivity contribution in [2.24, 2.45) is 5.73 Å². The number of piperidine rings is 1. The van der Waals surface area contributed by atoms with Gasteiger partial charge in [0.05, 0.1) is 53.4 Å². The summed E-state index contributed by atoms with van der Waals surface area (Å²) in [6.07, 6.45) is -6.70. The normalized spacial score (nSPS) is 19.7. The standard InChI is InChI=1S/C31H30F6N9O6P/c1-50-23-8-9-45(13-30(23,39)25(47)26(32)33)21-11-40-20(10-16(21)12-46-15-43-24-28(38)41-14-42-29(24)46)19-6-7-22(27(34)44-19)52-53(48,49)51-18-4-2-17(3-5-18)31(35,36)37/h2-7,10-11,14-15,23,25-26,47H,8-9,12-13,39H2,1H3,(H,48,49)(H2,38,41,42)/t23?,25-,30-/m0/s1. The molecule has 6 rings (SSSR count). The predicted octanol–water partition coefficient (Wildman–Crippen LogP) is 4.18. The second-order valence-electron chi connectivity index (χ2n) is 12.0. The summed E-state index contributed by atoms with van der Waals surface area (Å²) in [6.45, 7) is 0.0328. The van der Waals surface area contributed by atoms with Crippen LogP contribution in [-0.4, -0.2) is 83.9 Å². The van der Waals surface area contributed by atoms with Crippen molar-refractivity contribution in [3.63, 3.8) is 0 Å². The number of pyridine rings is 2. The van der Waals surface area contributed by atoms with Crippen molar-refractivity contribution in [1.29, 1.82) is 0 Å². The Morgan fingerprint density at radius 1 is 1.08 bits per heavy atom. The van der Waals surface area contributed by atoms with Crippen LogP contribution in [0.2, 0.25) is 0 Å². The average molecular weight is 770 g/mol. The molecule has 53 heavy (non-hydrogen) atoms. The summed E-state index contributed by atoms with van der Waals surface area (Å²) in [5.74, 6) is -2.50. The van der Waals surface area contributed by atoms with Gasteiger partial charge in [0.25, 0.3) is 12.4 Å². The van der Waals surface area contributed by atoms with E-state index in [4.69, 9.17) is 25.3 Å². The lowest BCUT2D eigenvalue weighted by Crippen LogP contribution is -2.70. The molecule has 4 atom stereocenters. The van der Waals surface area contributed by atoms with Crippen LogP contribution in [0.4, 0.5) is 37.8 Å². The number of ether oxygens (including phenoxy) is 1. The topological polar surface area (TPSA) is 210 Å². The van der Waals surface area contributed by atoms with Gasteiger partial charge in [-0.05, 0) is 54.4 Å². The fourth-order valence-corrected chi connectivity index (χ4v) is 6.78. The molecule has 282 valence electrons. The van der Waals surface area contributed by atoms with E-state index < -0.39 is 61.2 Å². The fraction of sp³-hybridized carbons (Fsp3) is 0.323. The second-order valence-corrected chi connectivity index (χ2v) is 13.3. The molecule has 0 bridgehead atoms. The first-order chi connectivity index (χ1) is 25.0. The lowest BCUT2D eigenvalue weighted by molar-refractivity contribution is -0.137. The molecule has 0 aliphatic carbocycles. The summed E-state index contributed by atoms with van der Waals surface area (Å²) in [5, 5.41) is 10.5.